The third-order valence-corrected chi connectivity index (χ3v) is 3.69. The maximum atomic E-state index is 14.1. The number of hydrogen-bond acceptors (Lipinski definition) is 2. The molecule has 0 atom stereocenters. The maximum Gasteiger partial charge on any atom is 0.132 e. The Bertz CT molecular complexity index is 686. The van der Waals surface area contributed by atoms with E-state index in [9.17, 15) is 4.39 Å². The number of anilines is 1. The Morgan fingerprint density at radius 1 is 1.14 bits per heavy atom. The van der Waals surface area contributed by atoms with Crippen LogP contribution in [0, 0.1) is 5.82 Å². The molecular weight excluding hydrogens is 310 g/mol. The van der Waals surface area contributed by atoms with Crippen LogP contribution in [0.2, 0.25) is 5.02 Å². The van der Waals surface area contributed by atoms with Gasteiger partial charge in [0, 0.05) is 35.4 Å². The van der Waals surface area contributed by atoms with E-state index in [0.717, 1.165) is 17.8 Å². The van der Waals surface area contributed by atoms with Crippen LogP contribution in [-0.2, 0) is 0 Å². The lowest BCUT2D eigenvalue weighted by Gasteiger charge is -2.19. The lowest BCUT2D eigenvalue weighted by molar-refractivity contribution is 0.625. The SMILES string of the molecule is CN1CCN=C(c2ccccc2F)c2cc(Cl)ccc21.Cl. The van der Waals surface area contributed by atoms with Gasteiger partial charge in [-0.05, 0) is 30.3 Å². The van der Waals surface area contributed by atoms with Crippen molar-refractivity contribution in [2.45, 2.75) is 0 Å². The number of likely N-dealkylation sites (N-methyl/N-ethyl adjacent to an activating group) is 1. The van der Waals surface area contributed by atoms with Gasteiger partial charge >= 0.3 is 0 Å². The summed E-state index contributed by atoms with van der Waals surface area (Å²) in [7, 11) is 2.01. The number of aliphatic imine (C=N–C) groups is 1. The van der Waals surface area contributed by atoms with Crippen LogP contribution in [0.1, 0.15) is 11.1 Å². The minimum atomic E-state index is -0.262. The monoisotopic (exact) mass is 324 g/mol. The Hall–Kier alpha value is -1.58. The molecule has 0 bridgehead atoms. The predicted octanol–water partition coefficient (Wildman–Crippen LogP) is 4.19. The first-order valence-electron chi connectivity index (χ1n) is 6.47. The Labute approximate surface area is 134 Å². The van der Waals surface area contributed by atoms with Crippen LogP contribution in [0.15, 0.2) is 47.5 Å². The molecule has 0 N–H and O–H groups in total. The van der Waals surface area contributed by atoms with Crippen LogP contribution >= 0.6 is 24.0 Å². The summed E-state index contributed by atoms with van der Waals surface area (Å²) < 4.78 is 14.1. The summed E-state index contributed by atoms with van der Waals surface area (Å²) in [6, 6.07) is 12.4. The van der Waals surface area contributed by atoms with Gasteiger partial charge < -0.3 is 4.90 Å². The highest BCUT2D eigenvalue weighted by molar-refractivity contribution is 6.31. The first-order chi connectivity index (χ1) is 9.66. The van der Waals surface area contributed by atoms with Crippen molar-refractivity contribution in [2.75, 3.05) is 25.0 Å². The molecule has 0 saturated carbocycles. The Morgan fingerprint density at radius 3 is 2.67 bits per heavy atom. The third-order valence-electron chi connectivity index (χ3n) is 3.46. The molecular formula is C16H15Cl2FN2. The van der Waals surface area contributed by atoms with Crippen molar-refractivity contribution in [1.29, 1.82) is 0 Å². The molecule has 0 aromatic heterocycles. The molecule has 110 valence electrons. The van der Waals surface area contributed by atoms with E-state index in [2.05, 4.69) is 9.89 Å². The second-order valence-corrected chi connectivity index (χ2v) is 5.23. The molecule has 3 rings (SSSR count). The van der Waals surface area contributed by atoms with E-state index in [4.69, 9.17) is 11.6 Å². The minimum absolute atomic E-state index is 0. The normalized spacial score (nSPS) is 13.9. The summed E-state index contributed by atoms with van der Waals surface area (Å²) in [4.78, 5) is 6.68. The topological polar surface area (TPSA) is 15.6 Å². The smallest absolute Gasteiger partial charge is 0.132 e. The van der Waals surface area contributed by atoms with Crippen LogP contribution in [0.4, 0.5) is 10.1 Å². The summed E-state index contributed by atoms with van der Waals surface area (Å²) in [5, 5.41) is 0.628. The molecule has 21 heavy (non-hydrogen) atoms. The molecule has 0 spiro atoms. The molecule has 5 heteroatoms. The minimum Gasteiger partial charge on any atom is -0.372 e. The molecule has 1 aliphatic rings. The number of nitrogens with zero attached hydrogens (tertiary/aromatic N) is 2. The summed E-state index contributed by atoms with van der Waals surface area (Å²) >= 11 is 6.10. The fourth-order valence-corrected chi connectivity index (χ4v) is 2.60. The number of benzene rings is 2. The van der Waals surface area contributed by atoms with Gasteiger partial charge in [0.2, 0.25) is 0 Å². The van der Waals surface area contributed by atoms with Gasteiger partial charge in [-0.25, -0.2) is 4.39 Å². The molecule has 2 aromatic rings. The first kappa shape index (κ1) is 15.8. The maximum absolute atomic E-state index is 14.1. The van der Waals surface area contributed by atoms with E-state index in [1.807, 2.05) is 31.3 Å². The van der Waals surface area contributed by atoms with Gasteiger partial charge in [-0.3, -0.25) is 4.99 Å². The molecule has 1 heterocycles. The van der Waals surface area contributed by atoms with Gasteiger partial charge in [-0.2, -0.15) is 0 Å². The van der Waals surface area contributed by atoms with Crippen LogP contribution in [0.25, 0.3) is 0 Å². The molecule has 2 nitrogen and oxygen atoms in total. The Balaban J connectivity index is 0.00000161. The number of rotatable bonds is 1. The quantitative estimate of drug-likeness (QED) is 0.768. The van der Waals surface area contributed by atoms with E-state index in [1.165, 1.54) is 6.07 Å². The summed E-state index contributed by atoms with van der Waals surface area (Å²) in [5.74, 6) is -0.262. The molecule has 0 saturated heterocycles. The van der Waals surface area contributed by atoms with Crippen LogP contribution in [0.5, 0.6) is 0 Å². The molecule has 0 radical (unpaired) electrons. The predicted molar refractivity (Wildman–Crippen MR) is 88.9 cm³/mol. The van der Waals surface area contributed by atoms with Crippen LogP contribution in [0.3, 0.4) is 0 Å². The highest BCUT2D eigenvalue weighted by Gasteiger charge is 2.19. The average molecular weight is 325 g/mol. The highest BCUT2D eigenvalue weighted by Crippen LogP contribution is 2.28. The van der Waals surface area contributed by atoms with Gasteiger partial charge in [-0.1, -0.05) is 23.7 Å². The van der Waals surface area contributed by atoms with Crippen LogP contribution < -0.4 is 4.90 Å². The third kappa shape index (κ3) is 3.04. The fraction of sp³-hybridized carbons (Fsp3) is 0.188. The van der Waals surface area contributed by atoms with Gasteiger partial charge in [0.25, 0.3) is 0 Å². The number of halogens is 3. The number of benzodiazepines with no additional fused rings is 1. The summed E-state index contributed by atoms with van der Waals surface area (Å²) in [6.07, 6.45) is 0. The van der Waals surface area contributed by atoms with Crippen molar-refractivity contribution in [3.63, 3.8) is 0 Å². The first-order valence-corrected chi connectivity index (χ1v) is 6.85. The zero-order chi connectivity index (χ0) is 14.1. The summed E-state index contributed by atoms with van der Waals surface area (Å²) in [5.41, 5.74) is 3.09. The van der Waals surface area contributed by atoms with E-state index in [1.54, 1.807) is 12.1 Å². The Morgan fingerprint density at radius 2 is 1.90 bits per heavy atom. The van der Waals surface area contributed by atoms with Crippen molar-refractivity contribution >= 4 is 35.4 Å². The van der Waals surface area contributed by atoms with Crippen LogP contribution in [-0.4, -0.2) is 25.8 Å². The van der Waals surface area contributed by atoms with Crippen molar-refractivity contribution in [3.8, 4) is 0 Å². The van der Waals surface area contributed by atoms with E-state index in [-0.39, 0.29) is 18.2 Å². The fourth-order valence-electron chi connectivity index (χ4n) is 2.43. The molecule has 1 aliphatic heterocycles. The molecule has 0 aliphatic carbocycles. The number of fused-ring (bicyclic) bond motifs is 1. The van der Waals surface area contributed by atoms with E-state index >= 15 is 0 Å². The second-order valence-electron chi connectivity index (χ2n) is 4.79. The standard InChI is InChI=1S/C16H14ClFN2.ClH/c1-20-9-8-19-16(12-4-2-3-5-14(12)18)13-10-11(17)6-7-15(13)20;/h2-7,10H,8-9H2,1H3;1H. The van der Waals surface area contributed by atoms with Crippen molar-refractivity contribution in [2.24, 2.45) is 4.99 Å². The van der Waals surface area contributed by atoms with Crippen molar-refractivity contribution in [1.82, 2.24) is 0 Å². The Kier molecular flexibility index (Phi) is 4.86. The lowest BCUT2D eigenvalue weighted by atomic mass is 10.00. The molecule has 0 fully saturated rings. The van der Waals surface area contributed by atoms with Crippen molar-refractivity contribution in [3.05, 3.63) is 64.4 Å². The molecule has 0 unspecified atom stereocenters. The lowest BCUT2D eigenvalue weighted by Crippen LogP contribution is -2.20. The zero-order valence-corrected chi connectivity index (χ0v) is 13.1. The second kappa shape index (κ2) is 6.46. The van der Waals surface area contributed by atoms with Gasteiger partial charge in [0.05, 0.1) is 12.3 Å². The van der Waals surface area contributed by atoms with E-state index in [0.29, 0.717) is 22.8 Å². The number of hydrogen-bond donors (Lipinski definition) is 0. The molecule has 2 aromatic carbocycles. The molecule has 0 amide bonds. The highest BCUT2D eigenvalue weighted by atomic mass is 35.5. The van der Waals surface area contributed by atoms with Crippen molar-refractivity contribution < 1.29 is 4.39 Å². The average Bonchev–Trinajstić information content (AvgIpc) is 2.59. The zero-order valence-electron chi connectivity index (χ0n) is 11.5. The van der Waals surface area contributed by atoms with Gasteiger partial charge in [-0.15, -0.1) is 12.4 Å². The largest absolute Gasteiger partial charge is 0.372 e. The summed E-state index contributed by atoms with van der Waals surface area (Å²) in [6.45, 7) is 1.43. The van der Waals surface area contributed by atoms with E-state index < -0.39 is 0 Å². The van der Waals surface area contributed by atoms with Gasteiger partial charge in [0.15, 0.2) is 0 Å². The van der Waals surface area contributed by atoms with Gasteiger partial charge in [0.1, 0.15) is 5.82 Å².